The van der Waals surface area contributed by atoms with Crippen LogP contribution in [0.1, 0.15) is 43.6 Å². The van der Waals surface area contributed by atoms with Gasteiger partial charge >= 0.3 is 0 Å². The third kappa shape index (κ3) is 3.54. The Hall–Kier alpha value is -1.88. The lowest BCUT2D eigenvalue weighted by molar-refractivity contribution is 0.285. The molecule has 0 fully saturated rings. The maximum atomic E-state index is 5.95. The summed E-state index contributed by atoms with van der Waals surface area (Å²) in [5, 5.41) is 3.83. The average Bonchev–Trinajstić information content (AvgIpc) is 2.93. The number of benzene rings is 1. The van der Waals surface area contributed by atoms with E-state index in [4.69, 9.17) is 15.0 Å². The lowest BCUT2D eigenvalue weighted by Gasteiger charge is -2.10. The van der Waals surface area contributed by atoms with Crippen molar-refractivity contribution in [3.63, 3.8) is 0 Å². The molecule has 5 nitrogen and oxygen atoms in total. The quantitative estimate of drug-likeness (QED) is 0.865. The van der Waals surface area contributed by atoms with Gasteiger partial charge in [0.25, 0.3) is 0 Å². The van der Waals surface area contributed by atoms with Gasteiger partial charge in [-0.2, -0.15) is 4.98 Å². The second-order valence-corrected chi connectivity index (χ2v) is 4.33. The molecule has 0 aliphatic carbocycles. The molecule has 1 aromatic carbocycles. The van der Waals surface area contributed by atoms with Crippen molar-refractivity contribution in [2.75, 3.05) is 0 Å². The van der Waals surface area contributed by atoms with Crippen molar-refractivity contribution in [1.29, 1.82) is 0 Å². The zero-order valence-electron chi connectivity index (χ0n) is 11.3. The second-order valence-electron chi connectivity index (χ2n) is 4.33. The summed E-state index contributed by atoms with van der Waals surface area (Å²) in [6.45, 7) is 4.34. The summed E-state index contributed by atoms with van der Waals surface area (Å²) in [6, 6.07) is 7.87. The number of aromatic nitrogens is 2. The molecule has 2 N–H and O–H groups in total. The Morgan fingerprint density at radius 3 is 2.58 bits per heavy atom. The van der Waals surface area contributed by atoms with Gasteiger partial charge < -0.3 is 15.0 Å². The predicted octanol–water partition coefficient (Wildman–Crippen LogP) is 2.62. The third-order valence-corrected chi connectivity index (χ3v) is 2.93. The van der Waals surface area contributed by atoms with Gasteiger partial charge in [0.05, 0.1) is 0 Å². The second kappa shape index (κ2) is 6.33. The minimum atomic E-state index is 0.0818. The SMILES string of the molecule is CCc1nc(COc2ccc([C@@H](N)CC)cc2)no1. The molecule has 0 saturated heterocycles. The first kappa shape index (κ1) is 13.5. The maximum Gasteiger partial charge on any atom is 0.226 e. The largest absolute Gasteiger partial charge is 0.485 e. The topological polar surface area (TPSA) is 74.2 Å². The molecule has 0 spiro atoms. The van der Waals surface area contributed by atoms with Crippen LogP contribution in [0.5, 0.6) is 5.75 Å². The number of nitrogens with two attached hydrogens (primary N) is 1. The summed E-state index contributed by atoms with van der Waals surface area (Å²) in [6.07, 6.45) is 1.65. The van der Waals surface area contributed by atoms with E-state index in [9.17, 15) is 0 Å². The van der Waals surface area contributed by atoms with E-state index in [1.165, 1.54) is 0 Å². The molecule has 1 aromatic heterocycles. The summed E-state index contributed by atoms with van der Waals surface area (Å²) < 4.78 is 10.6. The molecule has 2 rings (SSSR count). The Bertz CT molecular complexity index is 508. The van der Waals surface area contributed by atoms with E-state index < -0.39 is 0 Å². The van der Waals surface area contributed by atoms with Crippen molar-refractivity contribution in [3.8, 4) is 5.75 Å². The molecule has 102 valence electrons. The van der Waals surface area contributed by atoms with Crippen LogP contribution in [0.2, 0.25) is 0 Å². The van der Waals surface area contributed by atoms with Crippen molar-refractivity contribution in [1.82, 2.24) is 10.1 Å². The van der Waals surface area contributed by atoms with Crippen molar-refractivity contribution >= 4 is 0 Å². The molecule has 0 saturated carbocycles. The van der Waals surface area contributed by atoms with Gasteiger partial charge in [-0.1, -0.05) is 31.1 Å². The van der Waals surface area contributed by atoms with E-state index in [0.29, 0.717) is 18.3 Å². The first-order valence-electron chi connectivity index (χ1n) is 6.52. The van der Waals surface area contributed by atoms with E-state index in [1.807, 2.05) is 31.2 Å². The van der Waals surface area contributed by atoms with Crippen molar-refractivity contribution in [3.05, 3.63) is 41.5 Å². The standard InChI is InChI=1S/C14H19N3O2/c1-3-12(15)10-5-7-11(8-6-10)18-9-13-16-14(4-2)19-17-13/h5-8,12H,3-4,9,15H2,1-2H3/t12-/m0/s1. The molecule has 5 heteroatoms. The van der Waals surface area contributed by atoms with Gasteiger partial charge in [0, 0.05) is 12.5 Å². The number of rotatable bonds is 6. The van der Waals surface area contributed by atoms with Crippen molar-refractivity contribution < 1.29 is 9.26 Å². The van der Waals surface area contributed by atoms with Gasteiger partial charge in [0.15, 0.2) is 6.61 Å². The monoisotopic (exact) mass is 261 g/mol. The van der Waals surface area contributed by atoms with Crippen LogP contribution in [-0.2, 0) is 13.0 Å². The highest BCUT2D eigenvalue weighted by atomic mass is 16.5. The number of hydrogen-bond acceptors (Lipinski definition) is 5. The number of ether oxygens (including phenoxy) is 1. The zero-order valence-corrected chi connectivity index (χ0v) is 11.3. The highest BCUT2D eigenvalue weighted by Gasteiger charge is 2.06. The van der Waals surface area contributed by atoms with Crippen LogP contribution < -0.4 is 10.5 Å². The molecule has 0 bridgehead atoms. The molecular formula is C14H19N3O2. The van der Waals surface area contributed by atoms with Crippen LogP contribution >= 0.6 is 0 Å². The molecule has 19 heavy (non-hydrogen) atoms. The minimum absolute atomic E-state index is 0.0818. The first-order valence-corrected chi connectivity index (χ1v) is 6.52. The van der Waals surface area contributed by atoms with Crippen LogP contribution in [0.3, 0.4) is 0 Å². The predicted molar refractivity (Wildman–Crippen MR) is 71.7 cm³/mol. The summed E-state index contributed by atoms with van der Waals surface area (Å²) in [7, 11) is 0. The van der Waals surface area contributed by atoms with Crippen LogP contribution in [0.25, 0.3) is 0 Å². The maximum absolute atomic E-state index is 5.95. The van der Waals surface area contributed by atoms with Crippen molar-refractivity contribution in [2.45, 2.75) is 39.3 Å². The number of hydrogen-bond donors (Lipinski definition) is 1. The Balaban J connectivity index is 1.92. The zero-order chi connectivity index (χ0) is 13.7. The molecule has 0 amide bonds. The van der Waals surface area contributed by atoms with Crippen LogP contribution in [-0.4, -0.2) is 10.1 Å². The Morgan fingerprint density at radius 2 is 2.00 bits per heavy atom. The molecule has 1 atom stereocenters. The van der Waals surface area contributed by atoms with Gasteiger partial charge in [-0.25, -0.2) is 0 Å². The smallest absolute Gasteiger partial charge is 0.226 e. The van der Waals surface area contributed by atoms with Gasteiger partial charge in [-0.05, 0) is 24.1 Å². The Morgan fingerprint density at radius 1 is 1.26 bits per heavy atom. The summed E-state index contributed by atoms with van der Waals surface area (Å²) in [5.41, 5.74) is 7.07. The normalized spacial score (nSPS) is 12.4. The minimum Gasteiger partial charge on any atom is -0.485 e. The summed E-state index contributed by atoms with van der Waals surface area (Å²) in [4.78, 5) is 4.18. The van der Waals surface area contributed by atoms with E-state index >= 15 is 0 Å². The van der Waals surface area contributed by atoms with Gasteiger partial charge in [-0.3, -0.25) is 0 Å². The highest BCUT2D eigenvalue weighted by molar-refractivity contribution is 5.29. The lowest BCUT2D eigenvalue weighted by atomic mass is 10.1. The fourth-order valence-electron chi connectivity index (χ4n) is 1.69. The lowest BCUT2D eigenvalue weighted by Crippen LogP contribution is -2.08. The fraction of sp³-hybridized carbons (Fsp3) is 0.429. The van der Waals surface area contributed by atoms with Crippen LogP contribution in [0.15, 0.2) is 28.8 Å². The fourth-order valence-corrected chi connectivity index (χ4v) is 1.69. The van der Waals surface area contributed by atoms with Gasteiger partial charge in [0.1, 0.15) is 5.75 Å². The summed E-state index contributed by atoms with van der Waals surface area (Å²) >= 11 is 0. The summed E-state index contributed by atoms with van der Waals surface area (Å²) in [5.74, 6) is 1.96. The number of aryl methyl sites for hydroxylation is 1. The first-order chi connectivity index (χ1) is 9.22. The molecule has 0 aliphatic heterocycles. The van der Waals surface area contributed by atoms with Gasteiger partial charge in [0.2, 0.25) is 11.7 Å². The van der Waals surface area contributed by atoms with E-state index in [2.05, 4.69) is 17.1 Å². The molecule has 0 unspecified atom stereocenters. The molecule has 0 aliphatic rings. The van der Waals surface area contributed by atoms with E-state index in [1.54, 1.807) is 0 Å². The molecule has 2 aromatic rings. The van der Waals surface area contributed by atoms with Crippen LogP contribution in [0, 0.1) is 0 Å². The molecule has 0 radical (unpaired) electrons. The number of nitrogens with zero attached hydrogens (tertiary/aromatic N) is 2. The Kier molecular flexibility index (Phi) is 4.52. The average molecular weight is 261 g/mol. The third-order valence-electron chi connectivity index (χ3n) is 2.93. The molecule has 1 heterocycles. The van der Waals surface area contributed by atoms with Crippen molar-refractivity contribution in [2.24, 2.45) is 5.73 Å². The van der Waals surface area contributed by atoms with Gasteiger partial charge in [-0.15, -0.1) is 0 Å². The highest BCUT2D eigenvalue weighted by Crippen LogP contribution is 2.18. The molecular weight excluding hydrogens is 242 g/mol. The Labute approximate surface area is 112 Å². The van der Waals surface area contributed by atoms with Crippen LogP contribution in [0.4, 0.5) is 0 Å². The van der Waals surface area contributed by atoms with E-state index in [0.717, 1.165) is 24.2 Å². The van der Waals surface area contributed by atoms with E-state index in [-0.39, 0.29) is 6.04 Å².